The minimum atomic E-state index is -3.30. The monoisotopic (exact) mass is 471 g/mol. The van der Waals surface area contributed by atoms with Crippen LogP contribution in [0.15, 0.2) is 42.6 Å². The van der Waals surface area contributed by atoms with Gasteiger partial charge in [0.25, 0.3) is 5.91 Å². The first-order valence-corrected chi connectivity index (χ1v) is 11.2. The summed E-state index contributed by atoms with van der Waals surface area (Å²) in [5.41, 5.74) is 1.02. The zero-order valence-corrected chi connectivity index (χ0v) is 18.1. The fourth-order valence-electron chi connectivity index (χ4n) is 3.42. The lowest BCUT2D eigenvalue weighted by Crippen LogP contribution is -2.60. The van der Waals surface area contributed by atoms with Crippen molar-refractivity contribution in [1.29, 1.82) is 0 Å². The van der Waals surface area contributed by atoms with Gasteiger partial charge in [0.15, 0.2) is 0 Å². The van der Waals surface area contributed by atoms with Crippen LogP contribution in [0.3, 0.4) is 0 Å². The molecule has 2 heterocycles. The molecule has 3 unspecified atom stereocenters. The van der Waals surface area contributed by atoms with E-state index in [4.69, 9.17) is 0 Å². The van der Waals surface area contributed by atoms with Gasteiger partial charge in [0, 0.05) is 30.6 Å². The second-order valence-electron chi connectivity index (χ2n) is 7.51. The number of aliphatic hydroxyl groups is 2. The zero-order chi connectivity index (χ0) is 23.5. The molecule has 3 rings (SSSR count). The third kappa shape index (κ3) is 5.17. The third-order valence-corrected chi connectivity index (χ3v) is 6.64. The molecule has 3 N–H and O–H groups in total. The van der Waals surface area contributed by atoms with Crippen LogP contribution in [0.25, 0.3) is 11.1 Å². The van der Waals surface area contributed by atoms with E-state index in [0.29, 0.717) is 11.4 Å². The largest absolute Gasteiger partial charge is 0.386 e. The molecule has 0 saturated carbocycles. The maximum absolute atomic E-state index is 13.2. The number of aromatic nitrogens is 1. The van der Waals surface area contributed by atoms with Crippen LogP contribution in [-0.2, 0) is 21.4 Å². The van der Waals surface area contributed by atoms with E-state index in [2.05, 4.69) is 4.98 Å². The molecule has 1 aromatic carbocycles. The third-order valence-electron chi connectivity index (χ3n) is 5.31. The number of nitrogens with one attached hydrogen (secondary N) is 1. The lowest BCUT2D eigenvalue weighted by molar-refractivity contribution is -0.133. The second kappa shape index (κ2) is 10.1. The smallest absolute Gasteiger partial charge is 0.315 e. The molecule has 7 nitrogen and oxygen atoms in total. The summed E-state index contributed by atoms with van der Waals surface area (Å²) < 4.78 is 51.4. The number of rotatable bonds is 9. The molecule has 1 amide bonds. The van der Waals surface area contributed by atoms with Crippen molar-refractivity contribution in [1.82, 2.24) is 14.6 Å². The van der Waals surface area contributed by atoms with E-state index in [1.54, 1.807) is 40.1 Å². The quantitative estimate of drug-likeness (QED) is 0.517. The van der Waals surface area contributed by atoms with Crippen molar-refractivity contribution in [2.45, 2.75) is 31.1 Å². The number of aliphatic hydroxyl groups excluding tert-OH is 1. The summed E-state index contributed by atoms with van der Waals surface area (Å²) in [5.74, 6) is -1.16. The Morgan fingerprint density at radius 3 is 2.34 bits per heavy atom. The predicted molar refractivity (Wildman–Crippen MR) is 113 cm³/mol. The van der Waals surface area contributed by atoms with Crippen molar-refractivity contribution in [3.05, 3.63) is 53.9 Å². The summed E-state index contributed by atoms with van der Waals surface area (Å²) in [6, 6.07) is 8.24. The molecule has 11 heteroatoms. The van der Waals surface area contributed by atoms with E-state index in [1.807, 2.05) is 6.92 Å². The van der Waals surface area contributed by atoms with E-state index >= 15 is 0 Å². The minimum Gasteiger partial charge on any atom is -0.386 e. The Morgan fingerprint density at radius 1 is 1.22 bits per heavy atom. The summed E-state index contributed by atoms with van der Waals surface area (Å²) >= 11 is 0. The number of carbonyl (C=O) groups excluding carboxylic acids is 1. The van der Waals surface area contributed by atoms with Crippen LogP contribution in [0.5, 0.6) is 0 Å². The molecule has 3 atom stereocenters. The number of β-amino-alcohol motifs (C(OH)–C–C–N with tert-alkyl or cyclic N) is 1. The molecular weight excluding hydrogens is 447 g/mol. The highest BCUT2D eigenvalue weighted by atomic mass is 32.2. The highest BCUT2D eigenvalue weighted by Crippen LogP contribution is 2.32. The van der Waals surface area contributed by atoms with Crippen LogP contribution in [0, 0.1) is 0 Å². The van der Waals surface area contributed by atoms with Crippen LogP contribution in [0.4, 0.5) is 13.2 Å². The van der Waals surface area contributed by atoms with Crippen molar-refractivity contribution >= 4 is 16.9 Å². The van der Waals surface area contributed by atoms with E-state index in [-0.39, 0.29) is 18.7 Å². The van der Waals surface area contributed by atoms with Crippen LogP contribution >= 0.6 is 0 Å². The van der Waals surface area contributed by atoms with Crippen LogP contribution < -0.4 is 5.32 Å². The number of benzene rings is 1. The number of hydrogen-bond acceptors (Lipinski definition) is 5. The molecule has 0 aliphatic carbocycles. The molecule has 0 bridgehead atoms. The number of alkyl halides is 3. The van der Waals surface area contributed by atoms with E-state index < -0.39 is 47.7 Å². The Kier molecular flexibility index (Phi) is 7.65. The molecule has 32 heavy (non-hydrogen) atoms. The van der Waals surface area contributed by atoms with Gasteiger partial charge in [-0.25, -0.2) is 12.9 Å². The highest BCUT2D eigenvalue weighted by Gasteiger charge is 2.45. The summed E-state index contributed by atoms with van der Waals surface area (Å²) in [7, 11) is -1.11. The Balaban J connectivity index is 1.67. The molecule has 1 aliphatic rings. The number of pyridine rings is 1. The predicted octanol–water partition coefficient (Wildman–Crippen LogP) is 1.69. The van der Waals surface area contributed by atoms with Gasteiger partial charge >= 0.3 is 6.43 Å². The van der Waals surface area contributed by atoms with Gasteiger partial charge in [0.05, 0.1) is 22.7 Å². The van der Waals surface area contributed by atoms with Gasteiger partial charge in [-0.05, 0) is 17.2 Å². The number of amides is 1. The topological polar surface area (TPSA) is 103 Å². The molecule has 0 radical (unpaired) electrons. The van der Waals surface area contributed by atoms with E-state index in [0.717, 1.165) is 11.1 Å². The first-order chi connectivity index (χ1) is 15.2. The van der Waals surface area contributed by atoms with Gasteiger partial charge in [0.1, 0.15) is 18.4 Å². The van der Waals surface area contributed by atoms with Gasteiger partial charge in [-0.15, -0.1) is 0 Å². The SMILES string of the molecule is CCS(=O)N1CC(O)(c2ccc(-c3ccc(C(O)C(CF)NC(=O)C(F)F)cc3)cn2)C1. The fraction of sp³-hybridized carbons (Fsp3) is 0.429. The first-order valence-electron chi connectivity index (χ1n) is 9.93. The van der Waals surface area contributed by atoms with Gasteiger partial charge < -0.3 is 15.5 Å². The molecular formula is C21H24F3N3O4S. The molecule has 0 spiro atoms. The number of hydrogen-bond donors (Lipinski definition) is 3. The average Bonchev–Trinajstić information content (AvgIpc) is 2.79. The molecule has 1 fully saturated rings. The summed E-state index contributed by atoms with van der Waals surface area (Å²) in [6.07, 6.45) is -3.23. The summed E-state index contributed by atoms with van der Waals surface area (Å²) in [6.45, 7) is 1.08. The Labute approximate surface area is 185 Å². The molecule has 1 saturated heterocycles. The normalized spacial score (nSPS) is 18.6. The van der Waals surface area contributed by atoms with Crippen molar-refractivity contribution in [2.24, 2.45) is 0 Å². The van der Waals surface area contributed by atoms with Crippen LogP contribution in [-0.4, -0.2) is 67.6 Å². The maximum Gasteiger partial charge on any atom is 0.315 e. The van der Waals surface area contributed by atoms with Crippen LogP contribution in [0.2, 0.25) is 0 Å². The number of nitrogens with zero attached hydrogens (tertiary/aromatic N) is 2. The Bertz CT molecular complexity index is 954. The minimum absolute atomic E-state index is 0.240. The van der Waals surface area contributed by atoms with Crippen molar-refractivity contribution < 1.29 is 32.4 Å². The van der Waals surface area contributed by atoms with Gasteiger partial charge in [-0.2, -0.15) is 8.78 Å². The van der Waals surface area contributed by atoms with Gasteiger partial charge in [-0.1, -0.05) is 37.3 Å². The number of halogens is 3. The molecule has 1 aromatic heterocycles. The van der Waals surface area contributed by atoms with Crippen LogP contribution in [0.1, 0.15) is 24.3 Å². The molecule has 1 aliphatic heterocycles. The Hall–Kier alpha value is -2.34. The van der Waals surface area contributed by atoms with Crippen molar-refractivity contribution in [2.75, 3.05) is 25.5 Å². The average molecular weight is 472 g/mol. The second-order valence-corrected chi connectivity index (χ2v) is 9.25. The standard InChI is InChI=1S/C21H24F3N3O4S/c1-2-32(31)27-11-21(30,12-27)17-8-7-15(10-25-17)13-3-5-14(6-4-13)18(28)16(9-22)26-20(29)19(23)24/h3-8,10,16,18-19,28,30H,2,9,11-12H2,1H3,(H,26,29). The van der Waals surface area contributed by atoms with E-state index in [9.17, 15) is 32.4 Å². The summed E-state index contributed by atoms with van der Waals surface area (Å²) in [5, 5.41) is 22.7. The van der Waals surface area contributed by atoms with Gasteiger partial charge in [-0.3, -0.25) is 9.78 Å². The number of carbonyl (C=O) groups is 1. The van der Waals surface area contributed by atoms with E-state index in [1.165, 1.54) is 12.1 Å². The summed E-state index contributed by atoms with van der Waals surface area (Å²) in [4.78, 5) is 15.4. The lowest BCUT2D eigenvalue weighted by Gasteiger charge is -2.44. The van der Waals surface area contributed by atoms with Crippen molar-refractivity contribution in [3.8, 4) is 11.1 Å². The zero-order valence-electron chi connectivity index (χ0n) is 17.2. The molecule has 174 valence electrons. The lowest BCUT2D eigenvalue weighted by atomic mass is 9.92. The van der Waals surface area contributed by atoms with Crippen molar-refractivity contribution in [3.63, 3.8) is 0 Å². The van der Waals surface area contributed by atoms with Gasteiger partial charge in [0.2, 0.25) is 0 Å². The molecule has 2 aromatic rings. The fourth-order valence-corrected chi connectivity index (χ4v) is 4.50. The highest BCUT2D eigenvalue weighted by molar-refractivity contribution is 7.82. The first kappa shape index (κ1) is 24.3. The maximum atomic E-state index is 13.2. The Morgan fingerprint density at radius 2 is 1.84 bits per heavy atom.